The summed E-state index contributed by atoms with van der Waals surface area (Å²) >= 11 is 5.20. The maximum atomic E-state index is 12.4. The van der Waals surface area contributed by atoms with Gasteiger partial charge in [-0.3, -0.25) is 14.9 Å². The van der Waals surface area contributed by atoms with E-state index in [1.165, 1.54) is 0 Å². The fourth-order valence-corrected chi connectivity index (χ4v) is 2.55. The van der Waals surface area contributed by atoms with Crippen molar-refractivity contribution in [1.29, 1.82) is 0 Å². The fourth-order valence-electron chi connectivity index (χ4n) is 2.34. The zero-order chi connectivity index (χ0) is 20.4. The Bertz CT molecular complexity index is 842. The number of carbonyl (C=O) groups excluding carboxylic acids is 2. The highest BCUT2D eigenvalue weighted by Gasteiger charge is 2.10. The van der Waals surface area contributed by atoms with Crippen molar-refractivity contribution >= 4 is 34.8 Å². The van der Waals surface area contributed by atoms with Crippen molar-refractivity contribution in [3.8, 4) is 5.75 Å². The molecule has 0 radical (unpaired) electrons. The molecule has 0 aliphatic rings. The number of rotatable bonds is 8. The molecule has 2 amide bonds. The standard InChI is InChI=1S/C20H23N3O4S/c1-3-27-17-9-5-7-15(13-17)19(25)23-20(28)22-16-8-4-6-14(12-16)18(24)21-10-11-26-2/h4-9,12-13H,3,10-11H2,1-2H3,(H,21,24)(H2,22,23,25,28). The maximum absolute atomic E-state index is 12.4. The van der Waals surface area contributed by atoms with Crippen molar-refractivity contribution in [2.45, 2.75) is 6.92 Å². The van der Waals surface area contributed by atoms with Gasteiger partial charge >= 0.3 is 0 Å². The number of amides is 2. The SMILES string of the molecule is CCOc1cccc(C(=O)NC(=S)Nc2cccc(C(=O)NCCOC)c2)c1. The van der Waals surface area contributed by atoms with Gasteiger partial charge in [0.05, 0.1) is 13.2 Å². The van der Waals surface area contributed by atoms with Crippen molar-refractivity contribution in [3.63, 3.8) is 0 Å². The van der Waals surface area contributed by atoms with E-state index in [9.17, 15) is 9.59 Å². The average Bonchev–Trinajstić information content (AvgIpc) is 2.68. The van der Waals surface area contributed by atoms with Gasteiger partial charge in [-0.1, -0.05) is 12.1 Å². The zero-order valence-electron chi connectivity index (χ0n) is 15.8. The smallest absolute Gasteiger partial charge is 0.257 e. The van der Waals surface area contributed by atoms with Crippen LogP contribution in [-0.2, 0) is 4.74 Å². The Labute approximate surface area is 169 Å². The van der Waals surface area contributed by atoms with Crippen molar-refractivity contribution < 1.29 is 19.1 Å². The molecule has 2 rings (SSSR count). The highest BCUT2D eigenvalue weighted by atomic mass is 32.1. The molecule has 28 heavy (non-hydrogen) atoms. The number of benzene rings is 2. The van der Waals surface area contributed by atoms with Gasteiger partial charge in [0, 0.05) is 30.5 Å². The second-order valence-electron chi connectivity index (χ2n) is 5.70. The highest BCUT2D eigenvalue weighted by Crippen LogP contribution is 2.14. The van der Waals surface area contributed by atoms with Gasteiger partial charge in [0.15, 0.2) is 5.11 Å². The van der Waals surface area contributed by atoms with Crippen LogP contribution >= 0.6 is 12.2 Å². The molecule has 8 heteroatoms. The first-order valence-electron chi connectivity index (χ1n) is 8.76. The Kier molecular flexibility index (Phi) is 8.38. The Morgan fingerprint density at radius 2 is 1.75 bits per heavy atom. The number of hydrogen-bond acceptors (Lipinski definition) is 5. The van der Waals surface area contributed by atoms with Gasteiger partial charge in [-0.05, 0) is 55.5 Å². The molecule has 0 aliphatic carbocycles. The van der Waals surface area contributed by atoms with Crippen LogP contribution in [-0.4, -0.2) is 43.8 Å². The van der Waals surface area contributed by atoms with Crippen molar-refractivity contribution in [2.24, 2.45) is 0 Å². The van der Waals surface area contributed by atoms with E-state index in [0.29, 0.717) is 42.3 Å². The van der Waals surface area contributed by atoms with Gasteiger partial charge in [-0.15, -0.1) is 0 Å². The van der Waals surface area contributed by atoms with E-state index < -0.39 is 0 Å². The first kappa shape index (κ1) is 21.3. The highest BCUT2D eigenvalue weighted by molar-refractivity contribution is 7.80. The summed E-state index contributed by atoms with van der Waals surface area (Å²) < 4.78 is 10.3. The predicted molar refractivity (Wildman–Crippen MR) is 112 cm³/mol. The van der Waals surface area contributed by atoms with E-state index in [4.69, 9.17) is 21.7 Å². The second-order valence-corrected chi connectivity index (χ2v) is 6.11. The summed E-state index contributed by atoms with van der Waals surface area (Å²) in [6.07, 6.45) is 0. The van der Waals surface area contributed by atoms with Gasteiger partial charge in [-0.2, -0.15) is 0 Å². The molecule has 0 aromatic heterocycles. The summed E-state index contributed by atoms with van der Waals surface area (Å²) in [6, 6.07) is 13.6. The molecule has 0 bridgehead atoms. The Morgan fingerprint density at radius 3 is 2.46 bits per heavy atom. The number of thiocarbonyl (C=S) groups is 1. The number of methoxy groups -OCH3 is 1. The summed E-state index contributed by atoms with van der Waals surface area (Å²) in [5, 5.41) is 8.39. The van der Waals surface area contributed by atoms with Gasteiger partial charge in [0.2, 0.25) is 0 Å². The third kappa shape index (κ3) is 6.64. The van der Waals surface area contributed by atoms with Crippen LogP contribution in [0.2, 0.25) is 0 Å². The molecule has 0 saturated carbocycles. The number of carbonyl (C=O) groups is 2. The molecule has 0 saturated heterocycles. The third-order valence-corrected chi connectivity index (χ3v) is 3.81. The quantitative estimate of drug-likeness (QED) is 0.465. The Balaban J connectivity index is 1.95. The van der Waals surface area contributed by atoms with Gasteiger partial charge < -0.3 is 20.1 Å². The molecule has 0 atom stereocenters. The average molecular weight is 401 g/mol. The molecule has 2 aromatic carbocycles. The largest absolute Gasteiger partial charge is 0.494 e. The molecular weight excluding hydrogens is 378 g/mol. The molecule has 0 aliphatic heterocycles. The number of ether oxygens (including phenoxy) is 2. The van der Waals surface area contributed by atoms with Crippen molar-refractivity contribution in [2.75, 3.05) is 32.2 Å². The first-order valence-corrected chi connectivity index (χ1v) is 9.16. The minimum Gasteiger partial charge on any atom is -0.494 e. The third-order valence-electron chi connectivity index (χ3n) is 3.61. The summed E-state index contributed by atoms with van der Waals surface area (Å²) in [5.74, 6) is 0.0390. The van der Waals surface area contributed by atoms with Crippen LogP contribution in [0.5, 0.6) is 5.75 Å². The van der Waals surface area contributed by atoms with E-state index in [1.54, 1.807) is 55.6 Å². The monoisotopic (exact) mass is 401 g/mol. The lowest BCUT2D eigenvalue weighted by Crippen LogP contribution is -2.34. The van der Waals surface area contributed by atoms with Crippen molar-refractivity contribution in [3.05, 3.63) is 59.7 Å². The van der Waals surface area contributed by atoms with E-state index in [1.807, 2.05) is 6.92 Å². The number of anilines is 1. The molecule has 7 nitrogen and oxygen atoms in total. The Hall–Kier alpha value is -2.97. The van der Waals surface area contributed by atoms with Crippen LogP contribution in [0.4, 0.5) is 5.69 Å². The number of hydrogen-bond donors (Lipinski definition) is 3. The molecule has 0 spiro atoms. The molecule has 0 heterocycles. The van der Waals surface area contributed by atoms with E-state index >= 15 is 0 Å². The summed E-state index contributed by atoms with van der Waals surface area (Å²) in [7, 11) is 1.57. The molecule has 0 fully saturated rings. The lowest BCUT2D eigenvalue weighted by Gasteiger charge is -2.11. The molecule has 148 valence electrons. The Morgan fingerprint density at radius 1 is 1.04 bits per heavy atom. The van der Waals surface area contributed by atoms with Crippen LogP contribution in [0.15, 0.2) is 48.5 Å². The molecular formula is C20H23N3O4S. The minimum absolute atomic E-state index is 0.128. The second kappa shape index (κ2) is 11.0. The summed E-state index contributed by atoms with van der Waals surface area (Å²) in [4.78, 5) is 24.5. The van der Waals surface area contributed by atoms with Gasteiger partial charge in [0.25, 0.3) is 11.8 Å². The maximum Gasteiger partial charge on any atom is 0.257 e. The van der Waals surface area contributed by atoms with E-state index in [0.717, 1.165) is 0 Å². The molecule has 3 N–H and O–H groups in total. The van der Waals surface area contributed by atoms with Crippen LogP contribution in [0.3, 0.4) is 0 Å². The van der Waals surface area contributed by atoms with Crippen molar-refractivity contribution in [1.82, 2.24) is 10.6 Å². The minimum atomic E-state index is -0.354. The zero-order valence-corrected chi connectivity index (χ0v) is 16.6. The lowest BCUT2D eigenvalue weighted by molar-refractivity contribution is 0.0935. The summed E-state index contributed by atoms with van der Waals surface area (Å²) in [5.41, 5.74) is 1.49. The normalized spacial score (nSPS) is 10.1. The van der Waals surface area contributed by atoms with E-state index in [2.05, 4.69) is 16.0 Å². The topological polar surface area (TPSA) is 88.7 Å². The van der Waals surface area contributed by atoms with Crippen LogP contribution in [0.1, 0.15) is 27.6 Å². The lowest BCUT2D eigenvalue weighted by atomic mass is 10.2. The van der Waals surface area contributed by atoms with Gasteiger partial charge in [-0.25, -0.2) is 0 Å². The molecule has 2 aromatic rings. The summed E-state index contributed by atoms with van der Waals surface area (Å²) in [6.45, 7) is 3.24. The van der Waals surface area contributed by atoms with Gasteiger partial charge in [0.1, 0.15) is 5.75 Å². The first-order chi connectivity index (χ1) is 13.5. The predicted octanol–water partition coefficient (Wildman–Crippen LogP) is 2.59. The van der Waals surface area contributed by atoms with Crippen LogP contribution < -0.4 is 20.7 Å². The van der Waals surface area contributed by atoms with Crippen LogP contribution in [0.25, 0.3) is 0 Å². The fraction of sp³-hybridized carbons (Fsp3) is 0.250. The van der Waals surface area contributed by atoms with Crippen LogP contribution in [0, 0.1) is 0 Å². The number of nitrogens with one attached hydrogen (secondary N) is 3. The molecule has 0 unspecified atom stereocenters. The van der Waals surface area contributed by atoms with E-state index in [-0.39, 0.29) is 16.9 Å².